The average molecular weight is 383 g/mol. The fourth-order valence-electron chi connectivity index (χ4n) is 7.52. The number of ether oxygens (including phenoxy) is 1. The average Bonchev–Trinajstić information content (AvgIpc) is 3.39. The third-order valence-corrected chi connectivity index (χ3v) is 8.77. The number of benzene rings is 1. The molecular weight excluding hydrogens is 348 g/mol. The molecule has 0 radical (unpaired) electrons. The van der Waals surface area contributed by atoms with E-state index < -0.39 is 0 Å². The second-order valence-electron chi connectivity index (χ2n) is 10.1. The Labute approximate surface area is 168 Å². The molecule has 1 amide bonds. The van der Waals surface area contributed by atoms with E-state index in [9.17, 15) is 4.79 Å². The topological polar surface area (TPSA) is 64.3 Å². The maximum Gasteiger partial charge on any atom is 0.227 e. The van der Waals surface area contributed by atoms with Crippen LogP contribution in [0.4, 0.5) is 0 Å². The number of nitrogens with two attached hydrogens (primary N) is 1. The molecule has 0 saturated heterocycles. The third kappa shape index (κ3) is 2.46. The first kappa shape index (κ1) is 18.6. The van der Waals surface area contributed by atoms with Gasteiger partial charge in [0.2, 0.25) is 5.91 Å². The first-order chi connectivity index (χ1) is 13.5. The van der Waals surface area contributed by atoms with E-state index in [0.29, 0.717) is 23.9 Å². The van der Waals surface area contributed by atoms with Gasteiger partial charge in [-0.05, 0) is 75.2 Å². The summed E-state index contributed by atoms with van der Waals surface area (Å²) in [5.74, 6) is 0.923. The molecule has 4 heteroatoms. The van der Waals surface area contributed by atoms with Crippen molar-refractivity contribution in [1.29, 1.82) is 0 Å². The van der Waals surface area contributed by atoms with Crippen LogP contribution in [0, 0.1) is 16.7 Å². The first-order valence-electron chi connectivity index (χ1n) is 11.2. The van der Waals surface area contributed by atoms with Gasteiger partial charge in [-0.25, -0.2) is 0 Å². The van der Waals surface area contributed by atoms with Crippen LogP contribution in [0.1, 0.15) is 63.9 Å². The van der Waals surface area contributed by atoms with Crippen molar-refractivity contribution in [3.05, 3.63) is 35.9 Å². The Balaban J connectivity index is 1.44. The number of rotatable bonds is 6. The van der Waals surface area contributed by atoms with Crippen LogP contribution in [-0.2, 0) is 14.9 Å². The highest BCUT2D eigenvalue weighted by Crippen LogP contribution is 2.81. The first-order valence-corrected chi connectivity index (χ1v) is 11.2. The van der Waals surface area contributed by atoms with E-state index in [-0.39, 0.29) is 16.2 Å². The molecule has 4 atom stereocenters. The summed E-state index contributed by atoms with van der Waals surface area (Å²) in [7, 11) is 0. The Morgan fingerprint density at radius 3 is 2.61 bits per heavy atom. The summed E-state index contributed by atoms with van der Waals surface area (Å²) in [6, 6.07) is 11.6. The molecule has 4 nitrogen and oxygen atoms in total. The molecule has 0 aromatic heterocycles. The zero-order valence-electron chi connectivity index (χ0n) is 17.1. The van der Waals surface area contributed by atoms with E-state index in [1.54, 1.807) is 0 Å². The van der Waals surface area contributed by atoms with Crippen LogP contribution >= 0.6 is 0 Å². The smallest absolute Gasteiger partial charge is 0.227 e. The van der Waals surface area contributed by atoms with Gasteiger partial charge in [0.25, 0.3) is 0 Å². The second kappa shape index (κ2) is 6.56. The quantitative estimate of drug-likeness (QED) is 0.791. The van der Waals surface area contributed by atoms with Gasteiger partial charge in [-0.1, -0.05) is 30.3 Å². The molecule has 4 bridgehead atoms. The van der Waals surface area contributed by atoms with Crippen molar-refractivity contribution in [2.75, 3.05) is 13.2 Å². The number of hydrogen-bond acceptors (Lipinski definition) is 3. The molecule has 5 aliphatic rings. The Bertz CT molecular complexity index is 744. The van der Waals surface area contributed by atoms with Crippen LogP contribution in [0.2, 0.25) is 0 Å². The highest BCUT2D eigenvalue weighted by molar-refractivity contribution is 5.86. The van der Waals surface area contributed by atoms with Gasteiger partial charge in [-0.15, -0.1) is 0 Å². The van der Waals surface area contributed by atoms with Gasteiger partial charge in [0, 0.05) is 24.1 Å². The lowest BCUT2D eigenvalue weighted by atomic mass is 9.67. The summed E-state index contributed by atoms with van der Waals surface area (Å²) in [6.45, 7) is 3.52. The Hall–Kier alpha value is -1.39. The lowest BCUT2D eigenvalue weighted by molar-refractivity contribution is -0.139. The fourth-order valence-corrected chi connectivity index (χ4v) is 7.52. The zero-order chi connectivity index (χ0) is 19.4. The summed E-state index contributed by atoms with van der Waals surface area (Å²) in [5.41, 5.74) is 7.44. The number of amides is 1. The number of carbonyl (C=O) groups is 1. The summed E-state index contributed by atoms with van der Waals surface area (Å²) in [6.07, 6.45) is 8.38. The second-order valence-corrected chi connectivity index (χ2v) is 10.1. The maximum absolute atomic E-state index is 13.8. The van der Waals surface area contributed by atoms with Crippen LogP contribution in [0.5, 0.6) is 0 Å². The van der Waals surface area contributed by atoms with Gasteiger partial charge < -0.3 is 15.8 Å². The minimum Gasteiger partial charge on any atom is -0.381 e. The van der Waals surface area contributed by atoms with E-state index >= 15 is 0 Å². The van der Waals surface area contributed by atoms with Crippen LogP contribution in [0.25, 0.3) is 0 Å². The van der Waals surface area contributed by atoms with E-state index in [4.69, 9.17) is 10.5 Å². The van der Waals surface area contributed by atoms with Gasteiger partial charge in [-0.3, -0.25) is 4.79 Å². The molecule has 1 aromatic carbocycles. The minimum absolute atomic E-state index is 0.0126. The van der Waals surface area contributed by atoms with Gasteiger partial charge in [0.15, 0.2) is 0 Å². The molecule has 1 aromatic rings. The Kier molecular flexibility index (Phi) is 4.37. The number of nitrogens with one attached hydrogen (secondary N) is 1. The minimum atomic E-state index is -0.248. The van der Waals surface area contributed by atoms with Crippen LogP contribution in [0.15, 0.2) is 30.3 Å². The monoisotopic (exact) mass is 382 g/mol. The lowest BCUT2D eigenvalue weighted by Crippen LogP contribution is -2.52. The fraction of sp³-hybridized carbons (Fsp3) is 0.708. The summed E-state index contributed by atoms with van der Waals surface area (Å²) in [5, 5.41) is 3.48. The van der Waals surface area contributed by atoms with Crippen LogP contribution in [0.3, 0.4) is 0 Å². The molecule has 152 valence electrons. The van der Waals surface area contributed by atoms with Crippen molar-refractivity contribution in [1.82, 2.24) is 5.32 Å². The third-order valence-electron chi connectivity index (χ3n) is 8.77. The van der Waals surface area contributed by atoms with Crippen molar-refractivity contribution < 1.29 is 9.53 Å². The van der Waals surface area contributed by atoms with E-state index in [2.05, 4.69) is 42.6 Å². The molecular formula is C24H34N2O2. The van der Waals surface area contributed by atoms with E-state index in [0.717, 1.165) is 64.6 Å². The van der Waals surface area contributed by atoms with E-state index in [1.165, 1.54) is 5.56 Å². The summed E-state index contributed by atoms with van der Waals surface area (Å²) in [4.78, 5) is 13.8. The van der Waals surface area contributed by atoms with Crippen molar-refractivity contribution in [2.24, 2.45) is 22.5 Å². The number of hydrogen-bond donors (Lipinski definition) is 2. The molecule has 5 aliphatic carbocycles. The highest BCUT2D eigenvalue weighted by Gasteiger charge is 2.80. The summed E-state index contributed by atoms with van der Waals surface area (Å²) >= 11 is 0. The van der Waals surface area contributed by atoms with Crippen LogP contribution in [-0.4, -0.2) is 31.2 Å². The van der Waals surface area contributed by atoms with Gasteiger partial charge in [0.1, 0.15) is 0 Å². The molecule has 0 aliphatic heterocycles. The Morgan fingerprint density at radius 1 is 1.14 bits per heavy atom. The van der Waals surface area contributed by atoms with Crippen molar-refractivity contribution in [3.8, 4) is 0 Å². The van der Waals surface area contributed by atoms with Crippen molar-refractivity contribution >= 4 is 5.91 Å². The SMILES string of the molecule is CCOC[C@]12CC3CC1(C(=O)N[C@H]1CC[C@@H](N)CC1)C[C@]3(c1ccccc1)C2. The largest absolute Gasteiger partial charge is 0.381 e. The maximum atomic E-state index is 13.8. The van der Waals surface area contributed by atoms with Crippen LogP contribution < -0.4 is 11.1 Å². The lowest BCUT2D eigenvalue weighted by Gasteiger charge is -2.40. The predicted molar refractivity (Wildman–Crippen MR) is 110 cm³/mol. The standard InChI is InChI=1S/C24H34N2O2/c1-2-28-16-22-12-18-13-24(22,21(27)26-20-10-8-19(25)9-11-20)15-23(18,14-22)17-6-4-3-5-7-17/h3-7,18-20H,2,8-16,25H2,1H3,(H,26,27)/t18?,19-,20+,22-,23+,24?/m1/s1. The zero-order valence-corrected chi connectivity index (χ0v) is 17.1. The van der Waals surface area contributed by atoms with Crippen molar-refractivity contribution in [2.45, 2.75) is 75.8 Å². The molecule has 0 heterocycles. The highest BCUT2D eigenvalue weighted by atomic mass is 16.5. The Morgan fingerprint density at radius 2 is 1.89 bits per heavy atom. The van der Waals surface area contributed by atoms with E-state index in [1.807, 2.05) is 0 Å². The van der Waals surface area contributed by atoms with Gasteiger partial charge in [-0.2, -0.15) is 0 Å². The summed E-state index contributed by atoms with van der Waals surface area (Å²) < 4.78 is 6.00. The van der Waals surface area contributed by atoms with Gasteiger partial charge in [0.05, 0.1) is 12.0 Å². The molecule has 0 spiro atoms. The molecule has 3 N–H and O–H groups in total. The normalized spacial score (nSPS) is 43.6. The molecule has 28 heavy (non-hydrogen) atoms. The molecule has 5 saturated carbocycles. The predicted octanol–water partition coefficient (Wildman–Crippen LogP) is 3.54. The van der Waals surface area contributed by atoms with Crippen molar-refractivity contribution in [3.63, 3.8) is 0 Å². The number of carbonyl (C=O) groups excluding carboxylic acids is 1. The molecule has 2 unspecified atom stereocenters. The molecule has 5 fully saturated rings. The molecule has 6 rings (SSSR count). The van der Waals surface area contributed by atoms with Gasteiger partial charge >= 0.3 is 0 Å².